The van der Waals surface area contributed by atoms with Crippen molar-refractivity contribution in [1.29, 1.82) is 0 Å². The number of rotatable bonds is 3. The van der Waals surface area contributed by atoms with Gasteiger partial charge in [-0.05, 0) is 44.2 Å². The van der Waals surface area contributed by atoms with Gasteiger partial charge in [-0.1, -0.05) is 0 Å². The normalized spacial score (nSPS) is 19.9. The van der Waals surface area contributed by atoms with Gasteiger partial charge in [-0.3, -0.25) is 9.89 Å². The Morgan fingerprint density at radius 3 is 2.65 bits per heavy atom. The maximum absolute atomic E-state index is 12.3. The van der Waals surface area contributed by atoms with Crippen LogP contribution >= 0.6 is 34.0 Å². The van der Waals surface area contributed by atoms with Crippen LogP contribution in [0, 0.1) is 11.8 Å². The van der Waals surface area contributed by atoms with Crippen molar-refractivity contribution in [3.63, 3.8) is 0 Å². The summed E-state index contributed by atoms with van der Waals surface area (Å²) >= 11 is 0. The van der Waals surface area contributed by atoms with Crippen molar-refractivity contribution in [2.24, 2.45) is 17.6 Å². The average molecular weight is 453 g/mol. The van der Waals surface area contributed by atoms with Gasteiger partial charge in [-0.15, -0.1) is 34.0 Å². The molecule has 0 spiro atoms. The Labute approximate surface area is 155 Å². The Morgan fingerprint density at radius 1 is 1.30 bits per heavy atom. The molecule has 6 N–H and O–H groups in total. The molecule has 1 amide bonds. The molecule has 0 aliphatic heterocycles. The number of fused-ring (bicyclic) bond motifs is 1. The largest absolute Gasteiger partial charge is 0.412 e. The quantitative estimate of drug-likeness (QED) is 0.657. The van der Waals surface area contributed by atoms with Crippen LogP contribution < -0.4 is 11.1 Å². The van der Waals surface area contributed by atoms with Crippen molar-refractivity contribution in [2.75, 3.05) is 11.9 Å². The van der Waals surface area contributed by atoms with Crippen molar-refractivity contribution < 1.29 is 10.3 Å². The fourth-order valence-corrected chi connectivity index (χ4v) is 2.86. The van der Waals surface area contributed by atoms with Crippen LogP contribution in [-0.2, 0) is 4.79 Å². The lowest BCUT2D eigenvalue weighted by molar-refractivity contribution is -0.121. The molecule has 3 rings (SSSR count). The lowest BCUT2D eigenvalue weighted by atomic mass is 9.81. The number of hydrogen-bond donors (Lipinski definition) is 3. The van der Waals surface area contributed by atoms with E-state index in [1.54, 1.807) is 18.5 Å². The third kappa shape index (κ3) is 4.97. The highest BCUT2D eigenvalue weighted by Crippen LogP contribution is 2.29. The van der Waals surface area contributed by atoms with E-state index in [0.717, 1.165) is 43.3 Å². The maximum atomic E-state index is 12.3. The Morgan fingerprint density at radius 2 is 2.00 bits per heavy atom. The lowest BCUT2D eigenvalue weighted by Gasteiger charge is -2.26. The number of carbonyl (C=O) groups excluding carboxylic acids is 1. The number of amides is 1. The number of nitrogens with two attached hydrogens (primary N) is 1. The van der Waals surface area contributed by atoms with E-state index >= 15 is 0 Å². The van der Waals surface area contributed by atoms with Gasteiger partial charge in [0.05, 0.1) is 17.3 Å². The molecule has 1 fully saturated rings. The summed E-state index contributed by atoms with van der Waals surface area (Å²) in [7, 11) is 0. The van der Waals surface area contributed by atoms with Gasteiger partial charge in [0.2, 0.25) is 5.91 Å². The molecule has 0 bridgehead atoms. The van der Waals surface area contributed by atoms with E-state index in [9.17, 15) is 4.79 Å². The van der Waals surface area contributed by atoms with Crippen LogP contribution in [0.4, 0.5) is 5.69 Å². The summed E-state index contributed by atoms with van der Waals surface area (Å²) in [6.45, 7) is 0.730. The molecule has 130 valence electrons. The molecule has 2 heterocycles. The molecule has 7 nitrogen and oxygen atoms in total. The first-order chi connectivity index (χ1) is 9.78. The van der Waals surface area contributed by atoms with E-state index in [0.29, 0.717) is 11.6 Å². The first-order valence-corrected chi connectivity index (χ1v) is 7.07. The Kier molecular flexibility index (Phi) is 9.52. The van der Waals surface area contributed by atoms with Crippen LogP contribution in [0.1, 0.15) is 25.7 Å². The molecule has 1 aliphatic rings. The van der Waals surface area contributed by atoms with E-state index in [1.165, 1.54) is 0 Å². The first-order valence-electron chi connectivity index (χ1n) is 7.07. The van der Waals surface area contributed by atoms with Crippen LogP contribution in [0.2, 0.25) is 0 Å². The number of aromatic nitrogens is 3. The highest BCUT2D eigenvalue weighted by atomic mass is 79.9. The second-order valence-corrected chi connectivity index (χ2v) is 5.43. The zero-order valence-corrected chi connectivity index (χ0v) is 16.0. The molecule has 23 heavy (non-hydrogen) atoms. The van der Waals surface area contributed by atoms with Gasteiger partial charge in [0.25, 0.3) is 0 Å². The van der Waals surface area contributed by atoms with Crippen LogP contribution in [0.3, 0.4) is 0 Å². The van der Waals surface area contributed by atoms with Gasteiger partial charge in [0, 0.05) is 12.1 Å². The molecule has 0 saturated heterocycles. The summed E-state index contributed by atoms with van der Waals surface area (Å²) in [4.78, 5) is 16.5. The molecule has 9 heteroatoms. The van der Waals surface area contributed by atoms with E-state index in [4.69, 9.17) is 5.73 Å². The zero-order chi connectivity index (χ0) is 13.9. The van der Waals surface area contributed by atoms with Crippen LogP contribution in [0.25, 0.3) is 11.0 Å². The highest BCUT2D eigenvalue weighted by Gasteiger charge is 2.25. The minimum Gasteiger partial charge on any atom is -0.412 e. The smallest absolute Gasteiger partial charge is 0.227 e. The maximum Gasteiger partial charge on any atom is 0.227 e. The van der Waals surface area contributed by atoms with Crippen LogP contribution in [0.5, 0.6) is 0 Å². The topological polar surface area (TPSA) is 128 Å². The number of hydrogen-bond acceptors (Lipinski definition) is 4. The second kappa shape index (κ2) is 9.96. The van der Waals surface area contributed by atoms with Crippen LogP contribution in [0.15, 0.2) is 18.5 Å². The lowest BCUT2D eigenvalue weighted by Crippen LogP contribution is -2.29. The predicted molar refractivity (Wildman–Crippen MR) is 101 cm³/mol. The van der Waals surface area contributed by atoms with Gasteiger partial charge in [0.15, 0.2) is 5.65 Å². The fraction of sp³-hybridized carbons (Fsp3) is 0.500. The summed E-state index contributed by atoms with van der Waals surface area (Å²) < 4.78 is 0. The predicted octanol–water partition coefficient (Wildman–Crippen LogP) is 1.99. The SMILES string of the molecule is Br.Br.NCC1CCC(C(=O)Nc2ccnc3[nH]ncc23)CC1.O. The third-order valence-electron chi connectivity index (χ3n) is 4.16. The van der Waals surface area contributed by atoms with Gasteiger partial charge in [-0.25, -0.2) is 4.98 Å². The number of H-pyrrole nitrogens is 1. The Balaban J connectivity index is 0.00000161. The third-order valence-corrected chi connectivity index (χ3v) is 4.16. The fourth-order valence-electron chi connectivity index (χ4n) is 2.86. The minimum absolute atomic E-state index is 0. The number of anilines is 1. The summed E-state index contributed by atoms with van der Waals surface area (Å²) in [5.41, 5.74) is 7.14. The van der Waals surface area contributed by atoms with Gasteiger partial charge < -0.3 is 16.5 Å². The van der Waals surface area contributed by atoms with E-state index < -0.39 is 0 Å². The molecular formula is C14H23Br2N5O2. The molecule has 0 atom stereocenters. The summed E-state index contributed by atoms with van der Waals surface area (Å²) in [6, 6.07) is 1.81. The minimum atomic E-state index is 0. The Hall–Kier alpha value is -1.03. The van der Waals surface area contributed by atoms with Gasteiger partial charge >= 0.3 is 0 Å². The van der Waals surface area contributed by atoms with Crippen molar-refractivity contribution in [3.05, 3.63) is 18.5 Å². The number of pyridine rings is 1. The zero-order valence-electron chi connectivity index (χ0n) is 12.6. The molecule has 1 aliphatic carbocycles. The standard InChI is InChI=1S/C14H19N5O.2BrH.H2O/c15-7-9-1-3-10(4-2-9)14(20)18-12-5-6-16-13-11(12)8-17-19-13;;;/h5-6,8-10H,1-4,7,15H2,(H2,16,17,18,19,20);2*1H;1H2. The molecule has 2 aromatic rings. The molecule has 0 aromatic carbocycles. The number of halogens is 2. The van der Waals surface area contributed by atoms with Crippen LogP contribution in [-0.4, -0.2) is 33.1 Å². The monoisotopic (exact) mass is 451 g/mol. The number of nitrogens with zero attached hydrogens (tertiary/aromatic N) is 2. The Bertz CT molecular complexity index is 614. The van der Waals surface area contributed by atoms with Crippen molar-refractivity contribution >= 4 is 56.6 Å². The van der Waals surface area contributed by atoms with Crippen molar-refractivity contribution in [2.45, 2.75) is 25.7 Å². The summed E-state index contributed by atoms with van der Waals surface area (Å²) in [6.07, 6.45) is 7.30. The molecule has 1 saturated carbocycles. The first kappa shape index (κ1) is 22.0. The van der Waals surface area contributed by atoms with Crippen molar-refractivity contribution in [3.8, 4) is 0 Å². The molecule has 2 aromatic heterocycles. The summed E-state index contributed by atoms with van der Waals surface area (Å²) in [5, 5.41) is 10.6. The van der Waals surface area contributed by atoms with Gasteiger partial charge in [0.1, 0.15) is 0 Å². The molecule has 0 unspecified atom stereocenters. The highest BCUT2D eigenvalue weighted by molar-refractivity contribution is 8.93. The number of nitrogens with one attached hydrogen (secondary N) is 2. The number of aromatic amines is 1. The second-order valence-electron chi connectivity index (χ2n) is 5.43. The van der Waals surface area contributed by atoms with E-state index in [2.05, 4.69) is 20.5 Å². The van der Waals surface area contributed by atoms with Crippen molar-refractivity contribution in [1.82, 2.24) is 15.2 Å². The number of carbonyl (C=O) groups is 1. The average Bonchev–Trinajstić information content (AvgIpc) is 2.97. The molecular weight excluding hydrogens is 430 g/mol. The molecule has 0 radical (unpaired) electrons. The van der Waals surface area contributed by atoms with E-state index in [1.807, 2.05) is 0 Å². The summed E-state index contributed by atoms with van der Waals surface area (Å²) in [5.74, 6) is 0.766. The van der Waals surface area contributed by atoms with Gasteiger partial charge in [-0.2, -0.15) is 5.10 Å². The van der Waals surface area contributed by atoms with E-state index in [-0.39, 0.29) is 51.3 Å².